The summed E-state index contributed by atoms with van der Waals surface area (Å²) in [6.07, 6.45) is 0.464. The van der Waals surface area contributed by atoms with Crippen LogP contribution in [0.3, 0.4) is 0 Å². The third kappa shape index (κ3) is 2.18. The van der Waals surface area contributed by atoms with Gasteiger partial charge in [-0.2, -0.15) is 8.42 Å². The Kier molecular flexibility index (Phi) is 2.47. The van der Waals surface area contributed by atoms with Crippen LogP contribution in [-0.2, 0) is 14.9 Å². The molecule has 12 heavy (non-hydrogen) atoms. The van der Waals surface area contributed by atoms with E-state index in [9.17, 15) is 8.42 Å². The maximum atomic E-state index is 10.7. The van der Waals surface area contributed by atoms with E-state index in [1.807, 2.05) is 6.92 Å². The summed E-state index contributed by atoms with van der Waals surface area (Å²) in [6, 6.07) is 0. The van der Waals surface area contributed by atoms with Crippen molar-refractivity contribution in [2.24, 2.45) is 5.41 Å². The molecule has 0 aromatic heterocycles. The van der Waals surface area contributed by atoms with Crippen molar-refractivity contribution >= 4 is 10.1 Å². The summed E-state index contributed by atoms with van der Waals surface area (Å²) >= 11 is 0. The molecule has 0 aliphatic carbocycles. The molecule has 1 atom stereocenters. The maximum Gasteiger partial charge on any atom is 0.267 e. The topological polar surface area (TPSA) is 63.6 Å². The van der Waals surface area contributed by atoms with Gasteiger partial charge in [-0.1, -0.05) is 6.92 Å². The molecule has 0 aromatic carbocycles. The monoisotopic (exact) mass is 194 g/mol. The molecule has 0 radical (unpaired) electrons. The minimum absolute atomic E-state index is 0.0603. The SMILES string of the molecule is CC(CC1(C)COC1)S(=O)(=O)O. The Balaban J connectivity index is 2.51. The molecule has 1 aliphatic rings. The van der Waals surface area contributed by atoms with Gasteiger partial charge < -0.3 is 4.74 Å². The van der Waals surface area contributed by atoms with Gasteiger partial charge in [0.05, 0.1) is 18.5 Å². The fourth-order valence-corrected chi connectivity index (χ4v) is 1.98. The number of rotatable bonds is 3. The lowest BCUT2D eigenvalue weighted by molar-refractivity contribution is -0.105. The molecule has 5 heteroatoms. The van der Waals surface area contributed by atoms with Crippen LogP contribution in [0, 0.1) is 5.41 Å². The van der Waals surface area contributed by atoms with Crippen LogP contribution < -0.4 is 0 Å². The molecule has 1 fully saturated rings. The van der Waals surface area contributed by atoms with Crippen molar-refractivity contribution in [2.45, 2.75) is 25.5 Å². The molecule has 1 unspecified atom stereocenters. The standard InChI is InChI=1S/C7H14O4S/c1-6(12(8,9)10)3-7(2)4-11-5-7/h6H,3-5H2,1-2H3,(H,8,9,10). The van der Waals surface area contributed by atoms with Gasteiger partial charge in [-0.25, -0.2) is 0 Å². The summed E-state index contributed by atoms with van der Waals surface area (Å²) in [4.78, 5) is 0. The van der Waals surface area contributed by atoms with Gasteiger partial charge in [0.1, 0.15) is 0 Å². The summed E-state index contributed by atoms with van der Waals surface area (Å²) in [7, 11) is -3.87. The van der Waals surface area contributed by atoms with Gasteiger partial charge in [0, 0.05) is 5.41 Å². The molecule has 1 N–H and O–H groups in total. The zero-order valence-corrected chi connectivity index (χ0v) is 8.10. The van der Waals surface area contributed by atoms with Crippen LogP contribution >= 0.6 is 0 Å². The average molecular weight is 194 g/mol. The highest BCUT2D eigenvalue weighted by molar-refractivity contribution is 7.86. The Morgan fingerprint density at radius 2 is 2.08 bits per heavy atom. The molecule has 0 spiro atoms. The molecular formula is C7H14O4S. The lowest BCUT2D eigenvalue weighted by Gasteiger charge is -2.39. The predicted octanol–water partition coefficient (Wildman–Crippen LogP) is 0.689. The molecule has 1 aliphatic heterocycles. The Morgan fingerprint density at radius 1 is 1.58 bits per heavy atom. The zero-order chi connectivity index (χ0) is 9.41. The van der Waals surface area contributed by atoms with Crippen molar-refractivity contribution < 1.29 is 17.7 Å². The second-order valence-corrected chi connectivity index (χ2v) is 5.67. The Morgan fingerprint density at radius 3 is 2.33 bits per heavy atom. The van der Waals surface area contributed by atoms with E-state index in [0.29, 0.717) is 19.6 Å². The third-order valence-electron chi connectivity index (χ3n) is 2.19. The average Bonchev–Trinajstić information content (AvgIpc) is 1.82. The quantitative estimate of drug-likeness (QED) is 0.671. The van der Waals surface area contributed by atoms with Gasteiger partial charge in [0.15, 0.2) is 0 Å². The Hall–Kier alpha value is -0.130. The normalized spacial score (nSPS) is 24.6. The fourth-order valence-electron chi connectivity index (χ4n) is 1.37. The smallest absolute Gasteiger partial charge is 0.267 e. The lowest BCUT2D eigenvalue weighted by Crippen LogP contribution is -2.43. The van der Waals surface area contributed by atoms with E-state index in [4.69, 9.17) is 9.29 Å². The largest absolute Gasteiger partial charge is 0.380 e. The van der Waals surface area contributed by atoms with Gasteiger partial charge in [-0.15, -0.1) is 0 Å². The van der Waals surface area contributed by atoms with E-state index < -0.39 is 15.4 Å². The molecule has 72 valence electrons. The van der Waals surface area contributed by atoms with Gasteiger partial charge in [0.2, 0.25) is 0 Å². The first-order valence-corrected chi connectivity index (χ1v) is 5.38. The van der Waals surface area contributed by atoms with E-state index in [1.54, 1.807) is 0 Å². The summed E-state index contributed by atoms with van der Waals surface area (Å²) in [5.74, 6) is 0. The molecular weight excluding hydrogens is 180 g/mol. The molecule has 4 nitrogen and oxygen atoms in total. The van der Waals surface area contributed by atoms with Gasteiger partial charge in [0.25, 0.3) is 10.1 Å². The van der Waals surface area contributed by atoms with Crippen molar-refractivity contribution in [3.63, 3.8) is 0 Å². The van der Waals surface area contributed by atoms with Gasteiger partial charge >= 0.3 is 0 Å². The molecule has 1 saturated heterocycles. The lowest BCUT2D eigenvalue weighted by atomic mass is 9.84. The molecule has 0 saturated carbocycles. The van der Waals surface area contributed by atoms with E-state index in [1.165, 1.54) is 6.92 Å². The molecule has 0 bridgehead atoms. The second kappa shape index (κ2) is 2.97. The van der Waals surface area contributed by atoms with Gasteiger partial charge in [-0.3, -0.25) is 4.55 Å². The predicted molar refractivity (Wildman–Crippen MR) is 44.6 cm³/mol. The fraction of sp³-hybridized carbons (Fsp3) is 1.00. The first-order valence-electron chi connectivity index (χ1n) is 3.88. The van der Waals surface area contributed by atoms with Crippen molar-refractivity contribution in [3.8, 4) is 0 Å². The first kappa shape index (κ1) is 9.95. The van der Waals surface area contributed by atoms with Crippen molar-refractivity contribution in [3.05, 3.63) is 0 Å². The number of ether oxygens (including phenoxy) is 1. The van der Waals surface area contributed by atoms with Crippen molar-refractivity contribution in [2.75, 3.05) is 13.2 Å². The zero-order valence-electron chi connectivity index (χ0n) is 7.28. The van der Waals surface area contributed by atoms with E-state index >= 15 is 0 Å². The van der Waals surface area contributed by atoms with Crippen LogP contribution in [0.25, 0.3) is 0 Å². The highest BCUT2D eigenvalue weighted by Gasteiger charge is 2.37. The van der Waals surface area contributed by atoms with Crippen LogP contribution in [0.5, 0.6) is 0 Å². The minimum Gasteiger partial charge on any atom is -0.380 e. The highest BCUT2D eigenvalue weighted by atomic mass is 32.2. The van der Waals surface area contributed by atoms with Gasteiger partial charge in [-0.05, 0) is 13.3 Å². The minimum atomic E-state index is -3.87. The molecule has 1 rings (SSSR count). The summed E-state index contributed by atoms with van der Waals surface area (Å²) in [5.41, 5.74) is -0.0603. The van der Waals surface area contributed by atoms with E-state index in [0.717, 1.165) is 0 Å². The second-order valence-electron chi connectivity index (χ2n) is 3.83. The van der Waals surface area contributed by atoms with Crippen LogP contribution in [0.2, 0.25) is 0 Å². The van der Waals surface area contributed by atoms with Crippen LogP contribution in [-0.4, -0.2) is 31.4 Å². The molecule has 1 heterocycles. The van der Waals surface area contributed by atoms with Crippen molar-refractivity contribution in [1.82, 2.24) is 0 Å². The number of hydrogen-bond acceptors (Lipinski definition) is 3. The number of hydrogen-bond donors (Lipinski definition) is 1. The van der Waals surface area contributed by atoms with Crippen LogP contribution in [0.1, 0.15) is 20.3 Å². The molecule has 0 aromatic rings. The van der Waals surface area contributed by atoms with Crippen molar-refractivity contribution in [1.29, 1.82) is 0 Å². The third-order valence-corrected chi connectivity index (χ3v) is 3.37. The summed E-state index contributed by atoms with van der Waals surface area (Å²) in [6.45, 7) is 4.65. The molecule has 0 amide bonds. The summed E-state index contributed by atoms with van der Waals surface area (Å²) in [5, 5.41) is -0.689. The van der Waals surface area contributed by atoms with Crippen LogP contribution in [0.4, 0.5) is 0 Å². The maximum absolute atomic E-state index is 10.7. The van der Waals surface area contributed by atoms with E-state index in [-0.39, 0.29) is 5.41 Å². The van der Waals surface area contributed by atoms with Crippen LogP contribution in [0.15, 0.2) is 0 Å². The summed E-state index contributed by atoms with van der Waals surface area (Å²) < 4.78 is 35.0. The highest BCUT2D eigenvalue weighted by Crippen LogP contribution is 2.33. The Labute approximate surface area is 72.7 Å². The first-order chi connectivity index (χ1) is 5.33. The van der Waals surface area contributed by atoms with E-state index in [2.05, 4.69) is 0 Å². The Bertz CT molecular complexity index is 253.